The van der Waals surface area contributed by atoms with E-state index in [0.29, 0.717) is 26.3 Å². The zero-order valence-electron chi connectivity index (χ0n) is 20.8. The molecular formula is C25H22F3N7O2S. The molecule has 0 saturated carbocycles. The van der Waals surface area contributed by atoms with E-state index in [1.165, 1.54) is 35.4 Å². The summed E-state index contributed by atoms with van der Waals surface area (Å²) in [5.41, 5.74) is 4.14. The van der Waals surface area contributed by atoms with Crippen LogP contribution in [0.5, 0.6) is 0 Å². The van der Waals surface area contributed by atoms with Crippen LogP contribution in [0.3, 0.4) is 0 Å². The molecule has 0 unspecified atom stereocenters. The molecule has 0 fully saturated rings. The number of carbonyl (C=O) groups is 1. The number of hydrogen-bond donors (Lipinski definition) is 1. The normalized spacial score (nSPS) is 17.6. The molecule has 5 heterocycles. The minimum absolute atomic E-state index is 0.150. The third-order valence-corrected chi connectivity index (χ3v) is 8.17. The highest BCUT2D eigenvalue weighted by Gasteiger charge is 2.46. The predicted molar refractivity (Wildman–Crippen MR) is 135 cm³/mol. The largest absolute Gasteiger partial charge is 0.465 e. The molecule has 5 aromatic rings. The number of carbonyl (C=O) groups excluding carboxylic acids is 1. The van der Waals surface area contributed by atoms with Gasteiger partial charge in [0.2, 0.25) is 5.82 Å². The van der Waals surface area contributed by atoms with Gasteiger partial charge in [-0.25, -0.2) is 24.0 Å². The van der Waals surface area contributed by atoms with Crippen LogP contribution in [-0.2, 0) is 4.74 Å². The molecule has 0 radical (unpaired) electrons. The van der Waals surface area contributed by atoms with Crippen molar-refractivity contribution in [2.45, 2.75) is 45.5 Å². The monoisotopic (exact) mass is 541 g/mol. The van der Waals surface area contributed by atoms with E-state index < -0.39 is 24.2 Å². The van der Waals surface area contributed by atoms with Crippen LogP contribution in [0.1, 0.15) is 50.4 Å². The van der Waals surface area contributed by atoms with E-state index in [0.717, 1.165) is 21.4 Å². The number of hydrogen-bond acceptors (Lipinski definition) is 8. The van der Waals surface area contributed by atoms with Crippen molar-refractivity contribution >= 4 is 39.0 Å². The van der Waals surface area contributed by atoms with Gasteiger partial charge >= 0.3 is 12.1 Å². The summed E-state index contributed by atoms with van der Waals surface area (Å²) in [6.45, 7) is 5.67. The molecule has 1 aromatic carbocycles. The number of halogens is 3. The first kappa shape index (κ1) is 24.3. The van der Waals surface area contributed by atoms with E-state index in [4.69, 9.17) is 4.74 Å². The Balaban J connectivity index is 1.44. The fraction of sp³-hybridized carbons (Fsp3) is 0.320. The SMILES string of the molecule is COC(=O)c1sc2ncn3nc(-c4cc5n(n4)[C@H](C(F)(F)F)C[C@H](c4ccc(C)c(C)c4)N5)nc3c2c1C. The van der Waals surface area contributed by atoms with Gasteiger partial charge in [0.15, 0.2) is 11.7 Å². The highest BCUT2D eigenvalue weighted by Crippen LogP contribution is 2.44. The molecule has 0 amide bonds. The highest BCUT2D eigenvalue weighted by atomic mass is 32.1. The number of fused-ring (bicyclic) bond motifs is 4. The molecule has 1 aliphatic heterocycles. The number of alkyl halides is 3. The second-order valence-corrected chi connectivity index (χ2v) is 10.4. The molecular weight excluding hydrogens is 519 g/mol. The number of thiophene rings is 1. The van der Waals surface area contributed by atoms with Crippen molar-refractivity contribution in [1.29, 1.82) is 0 Å². The number of anilines is 1. The van der Waals surface area contributed by atoms with Crippen LogP contribution in [0.4, 0.5) is 19.0 Å². The lowest BCUT2D eigenvalue weighted by Gasteiger charge is -2.33. The van der Waals surface area contributed by atoms with Crippen molar-refractivity contribution < 1.29 is 22.7 Å². The molecule has 9 nitrogen and oxygen atoms in total. The number of aromatic nitrogens is 6. The van der Waals surface area contributed by atoms with E-state index in [1.807, 2.05) is 32.0 Å². The summed E-state index contributed by atoms with van der Waals surface area (Å²) < 4.78 is 49.8. The lowest BCUT2D eigenvalue weighted by Crippen LogP contribution is -2.35. The average molecular weight is 542 g/mol. The summed E-state index contributed by atoms with van der Waals surface area (Å²) in [7, 11) is 1.30. The highest BCUT2D eigenvalue weighted by molar-refractivity contribution is 7.20. The number of rotatable bonds is 3. The second kappa shape index (κ2) is 8.51. The Morgan fingerprint density at radius 1 is 1.16 bits per heavy atom. The lowest BCUT2D eigenvalue weighted by atomic mass is 9.94. The average Bonchev–Trinajstić information content (AvgIpc) is 3.58. The fourth-order valence-corrected chi connectivity index (χ4v) is 5.87. The quantitative estimate of drug-likeness (QED) is 0.298. The number of aryl methyl sites for hydroxylation is 3. The molecule has 1 N–H and O–H groups in total. The van der Waals surface area contributed by atoms with E-state index in [-0.39, 0.29) is 23.8 Å². The number of benzene rings is 1. The molecule has 38 heavy (non-hydrogen) atoms. The number of nitrogens with zero attached hydrogens (tertiary/aromatic N) is 6. The Morgan fingerprint density at radius 3 is 2.66 bits per heavy atom. The topological polar surface area (TPSA) is 99.2 Å². The van der Waals surface area contributed by atoms with Gasteiger partial charge in [0, 0.05) is 12.5 Å². The summed E-state index contributed by atoms with van der Waals surface area (Å²) in [5, 5.41) is 12.6. The van der Waals surface area contributed by atoms with Gasteiger partial charge in [-0.2, -0.15) is 18.3 Å². The van der Waals surface area contributed by atoms with Gasteiger partial charge in [-0.15, -0.1) is 16.4 Å². The van der Waals surface area contributed by atoms with Crippen LogP contribution in [0.2, 0.25) is 0 Å². The van der Waals surface area contributed by atoms with Crippen LogP contribution in [0, 0.1) is 20.8 Å². The van der Waals surface area contributed by atoms with E-state index in [9.17, 15) is 18.0 Å². The van der Waals surface area contributed by atoms with Gasteiger partial charge < -0.3 is 10.1 Å². The van der Waals surface area contributed by atoms with E-state index in [1.54, 1.807) is 6.92 Å². The fourth-order valence-electron chi connectivity index (χ4n) is 4.81. The maximum atomic E-state index is 14.2. The Morgan fingerprint density at radius 2 is 1.95 bits per heavy atom. The van der Waals surface area contributed by atoms with Gasteiger partial charge in [0.1, 0.15) is 27.5 Å². The van der Waals surface area contributed by atoms with Crippen LogP contribution in [-0.4, -0.2) is 48.6 Å². The molecule has 0 bridgehead atoms. The van der Waals surface area contributed by atoms with Crippen molar-refractivity contribution in [1.82, 2.24) is 29.4 Å². The molecule has 1 aliphatic rings. The molecule has 13 heteroatoms. The first-order valence-corrected chi connectivity index (χ1v) is 12.6. The van der Waals surface area contributed by atoms with Gasteiger partial charge in [0.05, 0.1) is 18.5 Å². The Hall–Kier alpha value is -4.00. The van der Waals surface area contributed by atoms with E-state index >= 15 is 0 Å². The maximum absolute atomic E-state index is 14.2. The minimum atomic E-state index is -4.50. The van der Waals surface area contributed by atoms with Crippen molar-refractivity contribution in [2.24, 2.45) is 0 Å². The smallest absolute Gasteiger partial charge is 0.410 e. The minimum Gasteiger partial charge on any atom is -0.465 e. The van der Waals surface area contributed by atoms with Crippen molar-refractivity contribution in [3.05, 3.63) is 57.7 Å². The third kappa shape index (κ3) is 3.80. The van der Waals surface area contributed by atoms with Crippen molar-refractivity contribution in [3.8, 4) is 11.5 Å². The summed E-state index contributed by atoms with van der Waals surface area (Å²) in [4.78, 5) is 22.1. The Labute approximate surface area is 218 Å². The molecule has 6 rings (SSSR count). The zero-order chi connectivity index (χ0) is 26.9. The second-order valence-electron chi connectivity index (χ2n) is 9.37. The van der Waals surface area contributed by atoms with Crippen LogP contribution < -0.4 is 5.32 Å². The zero-order valence-corrected chi connectivity index (χ0v) is 21.6. The summed E-state index contributed by atoms with van der Waals surface area (Å²) in [5.74, 6) is -0.0942. The first-order valence-electron chi connectivity index (χ1n) is 11.8. The number of esters is 1. The molecule has 196 valence electrons. The summed E-state index contributed by atoms with van der Waals surface area (Å²) in [6.07, 6.45) is -3.25. The van der Waals surface area contributed by atoms with E-state index in [2.05, 4.69) is 25.5 Å². The number of methoxy groups -OCH3 is 1. The van der Waals surface area contributed by atoms with Crippen LogP contribution in [0.15, 0.2) is 30.6 Å². The molecule has 2 atom stereocenters. The molecule has 0 aliphatic carbocycles. The molecule has 0 saturated heterocycles. The van der Waals surface area contributed by atoms with Crippen LogP contribution >= 0.6 is 11.3 Å². The number of nitrogens with one attached hydrogen (secondary N) is 1. The number of ether oxygens (including phenoxy) is 1. The summed E-state index contributed by atoms with van der Waals surface area (Å²) in [6, 6.07) is 4.87. The van der Waals surface area contributed by atoms with Gasteiger partial charge in [-0.05, 0) is 43.0 Å². The molecule has 0 spiro atoms. The Kier molecular flexibility index (Phi) is 5.45. The first-order chi connectivity index (χ1) is 18.0. The predicted octanol–water partition coefficient (Wildman–Crippen LogP) is 5.57. The summed E-state index contributed by atoms with van der Waals surface area (Å²) >= 11 is 1.18. The van der Waals surface area contributed by atoms with Gasteiger partial charge in [0.25, 0.3) is 0 Å². The van der Waals surface area contributed by atoms with Crippen molar-refractivity contribution in [3.63, 3.8) is 0 Å². The lowest BCUT2D eigenvalue weighted by molar-refractivity contribution is -0.173. The Bertz CT molecular complexity index is 1740. The maximum Gasteiger partial charge on any atom is 0.410 e. The standard InChI is InChI=1S/C25H22F3N7O2S/c1-11-5-6-14(7-12(11)2)15-8-17(25(26,27)28)35-18(30-15)9-16(32-35)21-31-22-19-13(3)20(24(36)37-4)38-23(19)29-10-34(22)33-21/h5-7,9-10,15,17,30H,8H2,1-4H3/t15-,17+/m1/s1. The van der Waals surface area contributed by atoms with Gasteiger partial charge in [-0.3, -0.25) is 0 Å². The third-order valence-electron chi connectivity index (χ3n) is 6.99. The van der Waals surface area contributed by atoms with Gasteiger partial charge in [-0.1, -0.05) is 18.2 Å². The van der Waals surface area contributed by atoms with Crippen LogP contribution in [0.25, 0.3) is 27.4 Å². The van der Waals surface area contributed by atoms with Crippen molar-refractivity contribution in [2.75, 3.05) is 12.4 Å². The molecule has 4 aromatic heterocycles.